The third kappa shape index (κ3) is 3.92. The van der Waals surface area contributed by atoms with E-state index in [0.717, 1.165) is 0 Å². The molecule has 0 aliphatic heterocycles. The second-order valence-corrected chi connectivity index (χ2v) is 10.1. The molecule has 0 atom stereocenters. The molecule has 5 aromatic heterocycles. The lowest BCUT2D eigenvalue weighted by molar-refractivity contribution is 0.446. The van der Waals surface area contributed by atoms with Gasteiger partial charge in [0.1, 0.15) is 12.1 Å². The Labute approximate surface area is 249 Å². The highest BCUT2D eigenvalue weighted by Gasteiger charge is 2.21. The fourth-order valence-corrected chi connectivity index (χ4v) is 5.39. The summed E-state index contributed by atoms with van der Waals surface area (Å²) in [5, 5.41) is 42.3. The molecule has 44 heavy (non-hydrogen) atoms. The topological polar surface area (TPSA) is 160 Å². The molecule has 11 nitrogen and oxygen atoms in total. The molecule has 0 bridgehead atoms. The summed E-state index contributed by atoms with van der Waals surface area (Å²) in [6, 6.07) is 24.1. The van der Waals surface area contributed by atoms with Gasteiger partial charge in [0, 0.05) is 12.4 Å². The molecule has 5 heterocycles. The first-order valence-electron chi connectivity index (χ1n) is 13.5. The first-order valence-corrected chi connectivity index (χ1v) is 13.5. The minimum Gasteiger partial charge on any atom is -0.494 e. The zero-order chi connectivity index (χ0) is 30.5. The second kappa shape index (κ2) is 10.0. The van der Waals surface area contributed by atoms with Crippen molar-refractivity contribution in [1.82, 2.24) is 23.8 Å². The third-order valence-corrected chi connectivity index (χ3v) is 7.63. The lowest BCUT2D eigenvalue weighted by atomic mass is 10.1. The van der Waals surface area contributed by atoms with Crippen LogP contribution >= 0.6 is 0 Å². The van der Waals surface area contributed by atoms with Gasteiger partial charge in [0.15, 0.2) is 22.9 Å². The van der Waals surface area contributed by atoms with Gasteiger partial charge in [-0.1, -0.05) is 30.3 Å². The molecule has 0 fully saturated rings. The van der Waals surface area contributed by atoms with Crippen molar-refractivity contribution < 1.29 is 10.2 Å². The Morgan fingerprint density at radius 1 is 0.636 bits per heavy atom. The van der Waals surface area contributed by atoms with Crippen LogP contribution in [0.4, 0.5) is 11.6 Å². The van der Waals surface area contributed by atoms with Crippen LogP contribution in [0.1, 0.15) is 33.4 Å². The summed E-state index contributed by atoms with van der Waals surface area (Å²) in [4.78, 5) is 22.5. The summed E-state index contributed by atoms with van der Waals surface area (Å²) in [7, 11) is 0. The molecule has 210 valence electrons. The molecule has 0 amide bonds. The molecule has 7 aromatic rings. The predicted octanol–water partition coefficient (Wildman–Crippen LogP) is 5.96. The molecule has 0 spiro atoms. The highest BCUT2D eigenvalue weighted by Crippen LogP contribution is 2.32. The van der Waals surface area contributed by atoms with Crippen LogP contribution in [-0.2, 0) is 0 Å². The van der Waals surface area contributed by atoms with Gasteiger partial charge in [0.05, 0.1) is 44.3 Å². The number of aromatic nitrogens is 5. The Kier molecular flexibility index (Phi) is 6.01. The monoisotopic (exact) mass is 575 g/mol. The van der Waals surface area contributed by atoms with Crippen LogP contribution in [0.25, 0.3) is 33.4 Å². The van der Waals surface area contributed by atoms with Gasteiger partial charge in [-0.15, -0.1) is 0 Å². The van der Waals surface area contributed by atoms with Gasteiger partial charge in [-0.3, -0.25) is 8.80 Å². The molecule has 0 saturated carbocycles. The van der Waals surface area contributed by atoms with E-state index in [1.54, 1.807) is 40.8 Å². The van der Waals surface area contributed by atoms with Crippen LogP contribution < -0.4 is 0 Å². The molecular formula is C33H21N9O2. The summed E-state index contributed by atoms with van der Waals surface area (Å²) >= 11 is 0. The Morgan fingerprint density at radius 3 is 1.50 bits per heavy atom. The van der Waals surface area contributed by atoms with Crippen molar-refractivity contribution in [2.75, 3.05) is 0 Å². The minimum atomic E-state index is -0.0928. The van der Waals surface area contributed by atoms with Crippen molar-refractivity contribution in [1.29, 1.82) is 10.5 Å². The first kappa shape index (κ1) is 26.3. The Hall–Kier alpha value is -6.59. The normalized spacial score (nSPS) is 11.8. The molecule has 0 saturated heterocycles. The van der Waals surface area contributed by atoms with Crippen molar-refractivity contribution in [3.05, 3.63) is 100 Å². The fourth-order valence-electron chi connectivity index (χ4n) is 5.39. The average molecular weight is 576 g/mol. The predicted molar refractivity (Wildman–Crippen MR) is 166 cm³/mol. The highest BCUT2D eigenvalue weighted by molar-refractivity contribution is 5.94. The number of aliphatic imine (C=N–C) groups is 2. The molecule has 0 aliphatic rings. The summed E-state index contributed by atoms with van der Waals surface area (Å²) < 4.78 is 3.09. The molecule has 0 radical (unpaired) electrons. The Morgan fingerprint density at radius 2 is 1.07 bits per heavy atom. The zero-order valence-electron chi connectivity index (χ0n) is 23.4. The van der Waals surface area contributed by atoms with Crippen LogP contribution in [0, 0.1) is 36.5 Å². The quantitative estimate of drug-likeness (QED) is 0.245. The number of rotatable bonds is 4. The van der Waals surface area contributed by atoms with Crippen LogP contribution in [0.3, 0.4) is 0 Å². The maximum atomic E-state index is 11.2. The number of hydrogen-bond acceptors (Lipinski definition) is 9. The van der Waals surface area contributed by atoms with E-state index < -0.39 is 0 Å². The van der Waals surface area contributed by atoms with E-state index in [0.29, 0.717) is 78.4 Å². The van der Waals surface area contributed by atoms with Crippen LogP contribution in [0.5, 0.6) is 11.8 Å². The van der Waals surface area contributed by atoms with E-state index in [1.165, 1.54) is 12.4 Å². The largest absolute Gasteiger partial charge is 0.494 e. The number of nitrogens with zero attached hydrogens (tertiary/aromatic N) is 9. The Bertz CT molecular complexity index is 2300. The second-order valence-electron chi connectivity index (χ2n) is 10.1. The molecule has 0 unspecified atom stereocenters. The number of hydrogen-bond donors (Lipinski definition) is 2. The lowest BCUT2D eigenvalue weighted by Gasteiger charge is -2.10. The highest BCUT2D eigenvalue weighted by atomic mass is 16.3. The van der Waals surface area contributed by atoms with Gasteiger partial charge >= 0.3 is 0 Å². The number of imidazole rings is 2. The SMILES string of the molecule is Cc1c(C=Nc2cccc(N=Cc3c(C)c(C#N)c4nc5ccccc5n4c3O)n2)c(O)n2c(nc3ccccc32)c1C#N. The van der Waals surface area contributed by atoms with E-state index in [1.807, 2.05) is 48.5 Å². The molecule has 2 aromatic carbocycles. The number of nitriles is 2. The van der Waals surface area contributed by atoms with Crippen molar-refractivity contribution in [2.24, 2.45) is 9.98 Å². The van der Waals surface area contributed by atoms with E-state index in [4.69, 9.17) is 0 Å². The van der Waals surface area contributed by atoms with Gasteiger partial charge in [-0.2, -0.15) is 10.5 Å². The molecule has 2 N–H and O–H groups in total. The van der Waals surface area contributed by atoms with Crippen LogP contribution in [-0.4, -0.2) is 46.4 Å². The van der Waals surface area contributed by atoms with E-state index >= 15 is 0 Å². The fraction of sp³-hybridized carbons (Fsp3) is 0.0606. The molecule has 7 rings (SSSR count). The first-order chi connectivity index (χ1) is 21.4. The molecule has 11 heteroatoms. The van der Waals surface area contributed by atoms with E-state index in [2.05, 4.69) is 37.1 Å². The van der Waals surface area contributed by atoms with Crippen LogP contribution in [0.2, 0.25) is 0 Å². The smallest absolute Gasteiger partial charge is 0.206 e. The van der Waals surface area contributed by atoms with Gasteiger partial charge in [-0.05, 0) is 61.4 Å². The van der Waals surface area contributed by atoms with Gasteiger partial charge in [0.25, 0.3) is 0 Å². The maximum Gasteiger partial charge on any atom is 0.206 e. The molecule has 0 aliphatic carbocycles. The Balaban J connectivity index is 1.28. The molecular weight excluding hydrogens is 554 g/mol. The van der Waals surface area contributed by atoms with Gasteiger partial charge < -0.3 is 10.2 Å². The van der Waals surface area contributed by atoms with Crippen LogP contribution in [0.15, 0.2) is 76.7 Å². The van der Waals surface area contributed by atoms with Crippen molar-refractivity contribution in [2.45, 2.75) is 13.8 Å². The number of benzene rings is 2. The number of pyridine rings is 3. The summed E-state index contributed by atoms with van der Waals surface area (Å²) in [5.74, 6) is 0.430. The zero-order valence-corrected chi connectivity index (χ0v) is 23.4. The standard InChI is InChI=1S/C33H21N9O2/c1-18-20(14-34)30-38-24-8-3-5-10-26(24)41(30)32(43)22(18)16-36-28-12-7-13-29(40-28)37-17-23-19(2)21(15-35)31-39-25-9-4-6-11-27(25)42(31)33(23)44/h3-13,16-17,43-44H,1-2H3. The van der Waals surface area contributed by atoms with E-state index in [9.17, 15) is 20.7 Å². The van der Waals surface area contributed by atoms with Crippen molar-refractivity contribution in [3.63, 3.8) is 0 Å². The summed E-state index contributed by atoms with van der Waals surface area (Å²) in [6.45, 7) is 3.47. The van der Waals surface area contributed by atoms with Crippen molar-refractivity contribution in [3.8, 4) is 23.9 Å². The number of aromatic hydroxyl groups is 2. The van der Waals surface area contributed by atoms with Gasteiger partial charge in [0.2, 0.25) is 11.8 Å². The average Bonchev–Trinajstić information content (AvgIpc) is 3.61. The summed E-state index contributed by atoms with van der Waals surface area (Å²) in [5.41, 5.74) is 5.85. The van der Waals surface area contributed by atoms with Gasteiger partial charge in [-0.25, -0.2) is 24.9 Å². The van der Waals surface area contributed by atoms with E-state index in [-0.39, 0.29) is 11.8 Å². The maximum absolute atomic E-state index is 11.2. The summed E-state index contributed by atoms with van der Waals surface area (Å²) in [6.07, 6.45) is 2.92. The lowest BCUT2D eigenvalue weighted by Crippen LogP contribution is -2.01. The number of para-hydroxylation sites is 4. The third-order valence-electron chi connectivity index (χ3n) is 7.63. The number of fused-ring (bicyclic) bond motifs is 6. The minimum absolute atomic E-state index is 0.0928. The van der Waals surface area contributed by atoms with Crippen molar-refractivity contribution >= 4 is 57.4 Å².